The van der Waals surface area contributed by atoms with Crippen molar-refractivity contribution >= 4 is 23.6 Å². The Labute approximate surface area is 157 Å². The van der Waals surface area contributed by atoms with Gasteiger partial charge in [-0.25, -0.2) is 0 Å². The Balaban J connectivity index is 1.48. The van der Waals surface area contributed by atoms with E-state index in [0.717, 1.165) is 55.9 Å². The predicted octanol–water partition coefficient (Wildman–Crippen LogP) is 2.62. The van der Waals surface area contributed by atoms with Crippen LogP contribution in [0.2, 0.25) is 0 Å². The molecule has 2 aliphatic rings. The number of hydrogen-bond donors (Lipinski definition) is 0. The highest BCUT2D eigenvalue weighted by Crippen LogP contribution is 2.26. The highest BCUT2D eigenvalue weighted by atomic mass is 32.2. The third kappa shape index (κ3) is 3.90. The van der Waals surface area contributed by atoms with Crippen LogP contribution in [0.4, 0.5) is 5.95 Å². The first-order valence-corrected chi connectivity index (χ1v) is 10.4. The maximum Gasteiger partial charge on any atom is 0.233 e. The third-order valence-electron chi connectivity index (χ3n) is 5.01. The molecule has 140 valence electrons. The van der Waals surface area contributed by atoms with Crippen molar-refractivity contribution in [1.82, 2.24) is 19.7 Å². The summed E-state index contributed by atoms with van der Waals surface area (Å²) in [6.07, 6.45) is 7.51. The summed E-state index contributed by atoms with van der Waals surface area (Å²) in [7, 11) is 0. The number of rotatable bonds is 6. The van der Waals surface area contributed by atoms with Gasteiger partial charge in [-0.3, -0.25) is 9.36 Å². The van der Waals surface area contributed by atoms with Gasteiger partial charge in [-0.05, 0) is 44.2 Å². The lowest BCUT2D eigenvalue weighted by Gasteiger charge is -2.26. The van der Waals surface area contributed by atoms with Gasteiger partial charge in [0, 0.05) is 26.2 Å². The molecule has 0 radical (unpaired) electrons. The maximum atomic E-state index is 12.5. The highest BCUT2D eigenvalue weighted by Gasteiger charge is 2.23. The second kappa shape index (κ2) is 8.16. The zero-order chi connectivity index (χ0) is 17.8. The van der Waals surface area contributed by atoms with Crippen LogP contribution in [0.15, 0.2) is 28.0 Å². The Kier molecular flexibility index (Phi) is 5.48. The lowest BCUT2D eigenvalue weighted by atomic mass is 10.1. The van der Waals surface area contributed by atoms with Crippen molar-refractivity contribution < 1.29 is 9.21 Å². The van der Waals surface area contributed by atoms with Gasteiger partial charge in [0.2, 0.25) is 11.9 Å². The molecule has 0 aromatic carbocycles. The third-order valence-corrected chi connectivity index (χ3v) is 5.97. The van der Waals surface area contributed by atoms with Crippen LogP contribution in [0.5, 0.6) is 0 Å². The van der Waals surface area contributed by atoms with E-state index in [2.05, 4.69) is 19.7 Å². The van der Waals surface area contributed by atoms with Gasteiger partial charge >= 0.3 is 0 Å². The van der Waals surface area contributed by atoms with E-state index in [1.54, 1.807) is 6.26 Å². The highest BCUT2D eigenvalue weighted by molar-refractivity contribution is 7.99. The average molecular weight is 375 g/mol. The van der Waals surface area contributed by atoms with Crippen LogP contribution in [0, 0.1) is 0 Å². The SMILES string of the molecule is O=C(CSc1nnc(N2CCCC2)n1Cc1ccco1)N1CCCCC1. The molecule has 0 spiro atoms. The number of anilines is 1. The topological polar surface area (TPSA) is 67.4 Å². The molecule has 0 unspecified atom stereocenters. The number of carbonyl (C=O) groups excluding carboxylic acids is 1. The predicted molar refractivity (Wildman–Crippen MR) is 100 cm³/mol. The Morgan fingerprint density at radius 3 is 2.58 bits per heavy atom. The lowest BCUT2D eigenvalue weighted by Crippen LogP contribution is -2.36. The molecule has 2 fully saturated rings. The Bertz CT molecular complexity index is 718. The molecular weight excluding hydrogens is 350 g/mol. The number of carbonyl (C=O) groups is 1. The van der Waals surface area contributed by atoms with Gasteiger partial charge in [-0.1, -0.05) is 11.8 Å². The molecule has 26 heavy (non-hydrogen) atoms. The standard InChI is InChI=1S/C18H25N5O2S/c24-16(21-8-2-1-3-9-21)14-26-18-20-19-17(22-10-4-5-11-22)23(18)13-15-7-6-12-25-15/h6-7,12H,1-5,8-11,13-14H2. The van der Waals surface area contributed by atoms with Gasteiger partial charge in [0.05, 0.1) is 18.6 Å². The Morgan fingerprint density at radius 1 is 1.08 bits per heavy atom. The summed E-state index contributed by atoms with van der Waals surface area (Å²) in [4.78, 5) is 16.7. The molecule has 2 aromatic rings. The fourth-order valence-corrected chi connectivity index (χ4v) is 4.43. The number of piperidine rings is 1. The number of likely N-dealkylation sites (tertiary alicyclic amines) is 1. The maximum absolute atomic E-state index is 12.5. The summed E-state index contributed by atoms with van der Waals surface area (Å²) in [6, 6.07) is 3.85. The second-order valence-electron chi connectivity index (χ2n) is 6.87. The van der Waals surface area contributed by atoms with E-state index in [1.165, 1.54) is 31.0 Å². The van der Waals surface area contributed by atoms with Crippen molar-refractivity contribution in [3.8, 4) is 0 Å². The first-order valence-electron chi connectivity index (χ1n) is 9.42. The summed E-state index contributed by atoms with van der Waals surface area (Å²) >= 11 is 1.48. The van der Waals surface area contributed by atoms with Crippen LogP contribution in [0.1, 0.15) is 37.9 Å². The number of thioether (sulfide) groups is 1. The molecule has 0 N–H and O–H groups in total. The van der Waals surface area contributed by atoms with Gasteiger partial charge in [0.25, 0.3) is 0 Å². The fraction of sp³-hybridized carbons (Fsp3) is 0.611. The molecule has 1 amide bonds. The van der Waals surface area contributed by atoms with E-state index < -0.39 is 0 Å². The smallest absolute Gasteiger partial charge is 0.233 e. The quantitative estimate of drug-likeness (QED) is 0.723. The number of aromatic nitrogens is 3. The van der Waals surface area contributed by atoms with E-state index in [-0.39, 0.29) is 5.91 Å². The summed E-state index contributed by atoms with van der Waals surface area (Å²) in [5.74, 6) is 2.36. The van der Waals surface area contributed by atoms with Gasteiger partial charge < -0.3 is 14.2 Å². The summed E-state index contributed by atoms with van der Waals surface area (Å²) in [5, 5.41) is 9.59. The summed E-state index contributed by atoms with van der Waals surface area (Å²) in [6.45, 7) is 4.38. The van der Waals surface area contributed by atoms with Gasteiger partial charge in [0.1, 0.15) is 5.76 Å². The zero-order valence-corrected chi connectivity index (χ0v) is 15.8. The Morgan fingerprint density at radius 2 is 1.85 bits per heavy atom. The van der Waals surface area contributed by atoms with E-state index in [9.17, 15) is 4.79 Å². The number of nitrogens with zero attached hydrogens (tertiary/aromatic N) is 5. The first-order chi connectivity index (χ1) is 12.8. The van der Waals surface area contributed by atoms with Crippen LogP contribution < -0.4 is 4.90 Å². The van der Waals surface area contributed by atoms with Gasteiger partial charge in [0.15, 0.2) is 5.16 Å². The molecule has 2 aromatic heterocycles. The van der Waals surface area contributed by atoms with Crippen molar-refractivity contribution in [2.24, 2.45) is 0 Å². The molecule has 7 nitrogen and oxygen atoms in total. The fourth-order valence-electron chi connectivity index (χ4n) is 3.60. The molecule has 8 heteroatoms. The van der Waals surface area contributed by atoms with Crippen LogP contribution in [0.3, 0.4) is 0 Å². The Hall–Kier alpha value is -1.96. The van der Waals surface area contributed by atoms with Crippen LogP contribution in [-0.2, 0) is 11.3 Å². The largest absolute Gasteiger partial charge is 0.467 e. The minimum absolute atomic E-state index is 0.199. The summed E-state index contributed by atoms with van der Waals surface area (Å²) < 4.78 is 7.60. The molecule has 0 atom stereocenters. The molecule has 0 aliphatic carbocycles. The van der Waals surface area contributed by atoms with E-state index in [0.29, 0.717) is 12.3 Å². The van der Waals surface area contributed by atoms with Crippen molar-refractivity contribution in [2.75, 3.05) is 36.8 Å². The zero-order valence-electron chi connectivity index (χ0n) is 15.0. The molecule has 2 aliphatic heterocycles. The average Bonchev–Trinajstić information content (AvgIpc) is 3.43. The molecule has 4 rings (SSSR count). The molecule has 4 heterocycles. The van der Waals surface area contributed by atoms with Gasteiger partial charge in [-0.15, -0.1) is 10.2 Å². The minimum atomic E-state index is 0.199. The van der Waals surface area contributed by atoms with Crippen molar-refractivity contribution in [3.05, 3.63) is 24.2 Å². The molecular formula is C18H25N5O2S. The van der Waals surface area contributed by atoms with E-state index in [1.807, 2.05) is 17.0 Å². The van der Waals surface area contributed by atoms with Crippen LogP contribution in [0.25, 0.3) is 0 Å². The van der Waals surface area contributed by atoms with Crippen molar-refractivity contribution in [3.63, 3.8) is 0 Å². The molecule has 0 saturated carbocycles. The monoisotopic (exact) mass is 375 g/mol. The van der Waals surface area contributed by atoms with Crippen LogP contribution >= 0.6 is 11.8 Å². The molecule has 2 saturated heterocycles. The minimum Gasteiger partial charge on any atom is -0.467 e. The first kappa shape index (κ1) is 17.5. The summed E-state index contributed by atoms with van der Waals surface area (Å²) in [5.41, 5.74) is 0. The van der Waals surface area contributed by atoms with Gasteiger partial charge in [-0.2, -0.15) is 0 Å². The molecule has 0 bridgehead atoms. The lowest BCUT2D eigenvalue weighted by molar-refractivity contribution is -0.129. The van der Waals surface area contributed by atoms with E-state index in [4.69, 9.17) is 4.42 Å². The number of furan rings is 1. The number of hydrogen-bond acceptors (Lipinski definition) is 6. The van der Waals surface area contributed by atoms with Crippen molar-refractivity contribution in [1.29, 1.82) is 0 Å². The number of amides is 1. The van der Waals surface area contributed by atoms with Crippen LogP contribution in [-0.4, -0.2) is 57.5 Å². The normalized spacial score (nSPS) is 17.8. The van der Waals surface area contributed by atoms with Crippen molar-refractivity contribution in [2.45, 2.75) is 43.8 Å². The second-order valence-corrected chi connectivity index (χ2v) is 7.81. The van der Waals surface area contributed by atoms with E-state index >= 15 is 0 Å².